The number of hydrogen-bond donors (Lipinski definition) is 0. The highest BCUT2D eigenvalue weighted by Crippen LogP contribution is 2.36. The van der Waals surface area contributed by atoms with Crippen molar-refractivity contribution in [2.75, 3.05) is 13.2 Å². The van der Waals surface area contributed by atoms with Crippen LogP contribution < -0.4 is 9.47 Å². The van der Waals surface area contributed by atoms with Gasteiger partial charge in [0.15, 0.2) is 17.8 Å². The minimum absolute atomic E-state index is 0.345. The van der Waals surface area contributed by atoms with Crippen molar-refractivity contribution in [1.82, 2.24) is 0 Å². The molecule has 0 spiro atoms. The fourth-order valence-electron chi connectivity index (χ4n) is 2.30. The fourth-order valence-corrected chi connectivity index (χ4v) is 2.47. The number of carbonyl (C=O) groups is 1. The number of fused-ring (bicyclic) bond motifs is 1. The summed E-state index contributed by atoms with van der Waals surface area (Å²) in [5.41, 5.74) is 2.28. The van der Waals surface area contributed by atoms with E-state index in [9.17, 15) is 4.79 Å². The van der Waals surface area contributed by atoms with Crippen molar-refractivity contribution in [1.29, 1.82) is 0 Å². The van der Waals surface area contributed by atoms with Crippen LogP contribution in [-0.4, -0.2) is 19.5 Å². The molecule has 0 saturated carbocycles. The Balaban J connectivity index is 2.05. The molecule has 0 aliphatic carbocycles. The standard InChI is InChI=1S/C17H15ClO3/c1-11-9-20-16-5-3-12(6-17(16)21-10-11)15-7-14(18)4-2-13(15)8-19/h2-8,11H,9-10H2,1H3. The molecule has 1 atom stereocenters. The lowest BCUT2D eigenvalue weighted by molar-refractivity contribution is 0.112. The Labute approximate surface area is 128 Å². The van der Waals surface area contributed by atoms with Crippen molar-refractivity contribution in [3.8, 4) is 22.6 Å². The van der Waals surface area contributed by atoms with E-state index in [0.717, 1.165) is 23.2 Å². The molecular formula is C17H15ClO3. The second-order valence-electron chi connectivity index (χ2n) is 5.24. The summed E-state index contributed by atoms with van der Waals surface area (Å²) in [5.74, 6) is 1.78. The summed E-state index contributed by atoms with van der Waals surface area (Å²) in [6, 6.07) is 10.9. The van der Waals surface area contributed by atoms with E-state index in [1.165, 1.54) is 0 Å². The third-order valence-electron chi connectivity index (χ3n) is 3.44. The number of halogens is 1. The van der Waals surface area contributed by atoms with Crippen LogP contribution in [0.2, 0.25) is 5.02 Å². The summed E-state index contributed by atoms with van der Waals surface area (Å²) in [6.45, 7) is 3.34. The van der Waals surface area contributed by atoms with Gasteiger partial charge in [-0.1, -0.05) is 24.6 Å². The lowest BCUT2D eigenvalue weighted by Crippen LogP contribution is -2.12. The van der Waals surface area contributed by atoms with E-state index in [4.69, 9.17) is 21.1 Å². The van der Waals surface area contributed by atoms with Gasteiger partial charge in [-0.2, -0.15) is 0 Å². The topological polar surface area (TPSA) is 35.5 Å². The molecule has 0 saturated heterocycles. The lowest BCUT2D eigenvalue weighted by atomic mass is 10.00. The van der Waals surface area contributed by atoms with Gasteiger partial charge in [0.2, 0.25) is 0 Å². The summed E-state index contributed by atoms with van der Waals surface area (Å²) in [4.78, 5) is 11.2. The van der Waals surface area contributed by atoms with E-state index < -0.39 is 0 Å². The molecule has 21 heavy (non-hydrogen) atoms. The molecule has 4 heteroatoms. The zero-order valence-electron chi connectivity index (χ0n) is 11.6. The molecule has 2 aromatic rings. The van der Waals surface area contributed by atoms with Crippen molar-refractivity contribution in [2.45, 2.75) is 6.92 Å². The number of carbonyl (C=O) groups excluding carboxylic acids is 1. The zero-order valence-corrected chi connectivity index (χ0v) is 12.4. The van der Waals surface area contributed by atoms with Crippen LogP contribution >= 0.6 is 11.6 Å². The Morgan fingerprint density at radius 2 is 1.86 bits per heavy atom. The van der Waals surface area contributed by atoms with Gasteiger partial charge in [-0.05, 0) is 41.5 Å². The molecule has 1 aliphatic heterocycles. The van der Waals surface area contributed by atoms with Crippen LogP contribution in [0.3, 0.4) is 0 Å². The Hall–Kier alpha value is -2.00. The normalized spacial score (nSPS) is 17.1. The summed E-state index contributed by atoms with van der Waals surface area (Å²) in [6.07, 6.45) is 0.830. The van der Waals surface area contributed by atoms with Crippen LogP contribution in [0.5, 0.6) is 11.5 Å². The van der Waals surface area contributed by atoms with Crippen LogP contribution in [0.25, 0.3) is 11.1 Å². The van der Waals surface area contributed by atoms with Gasteiger partial charge < -0.3 is 9.47 Å². The van der Waals surface area contributed by atoms with E-state index in [-0.39, 0.29) is 0 Å². The van der Waals surface area contributed by atoms with Crippen LogP contribution in [-0.2, 0) is 0 Å². The summed E-state index contributed by atoms with van der Waals surface area (Å²) in [5, 5.41) is 0.594. The third kappa shape index (κ3) is 2.88. The molecule has 0 fully saturated rings. The Morgan fingerprint density at radius 1 is 1.10 bits per heavy atom. The summed E-state index contributed by atoms with van der Waals surface area (Å²) < 4.78 is 11.5. The highest BCUT2D eigenvalue weighted by molar-refractivity contribution is 6.31. The second-order valence-corrected chi connectivity index (χ2v) is 5.67. The number of aldehydes is 1. The van der Waals surface area contributed by atoms with E-state index >= 15 is 0 Å². The number of rotatable bonds is 2. The van der Waals surface area contributed by atoms with Gasteiger partial charge in [-0.3, -0.25) is 4.79 Å². The van der Waals surface area contributed by atoms with E-state index in [2.05, 4.69) is 6.92 Å². The largest absolute Gasteiger partial charge is 0.489 e. The second kappa shape index (κ2) is 5.78. The molecule has 0 amide bonds. The molecule has 0 radical (unpaired) electrons. The smallest absolute Gasteiger partial charge is 0.161 e. The van der Waals surface area contributed by atoms with Gasteiger partial charge in [-0.15, -0.1) is 0 Å². The first-order chi connectivity index (χ1) is 10.2. The van der Waals surface area contributed by atoms with Gasteiger partial charge in [0.1, 0.15) is 0 Å². The highest BCUT2D eigenvalue weighted by atomic mass is 35.5. The number of ether oxygens (including phenoxy) is 2. The minimum atomic E-state index is 0.345. The Bertz CT molecular complexity index is 682. The van der Waals surface area contributed by atoms with Gasteiger partial charge in [0.05, 0.1) is 13.2 Å². The predicted molar refractivity (Wildman–Crippen MR) is 82.4 cm³/mol. The fraction of sp³-hybridized carbons (Fsp3) is 0.235. The molecule has 3 nitrogen and oxygen atoms in total. The number of benzene rings is 2. The molecule has 0 aromatic heterocycles. The monoisotopic (exact) mass is 302 g/mol. The Kier molecular flexibility index (Phi) is 3.84. The van der Waals surface area contributed by atoms with E-state index in [0.29, 0.717) is 35.5 Å². The summed E-state index contributed by atoms with van der Waals surface area (Å²) in [7, 11) is 0. The van der Waals surface area contributed by atoms with Crippen molar-refractivity contribution >= 4 is 17.9 Å². The zero-order chi connectivity index (χ0) is 14.8. The van der Waals surface area contributed by atoms with Crippen molar-refractivity contribution in [2.24, 2.45) is 5.92 Å². The van der Waals surface area contributed by atoms with Crippen molar-refractivity contribution in [3.63, 3.8) is 0 Å². The molecule has 2 aromatic carbocycles. The molecule has 3 rings (SSSR count). The number of hydrogen-bond acceptors (Lipinski definition) is 3. The average Bonchev–Trinajstić information content (AvgIpc) is 2.69. The Morgan fingerprint density at radius 3 is 2.62 bits per heavy atom. The molecule has 0 bridgehead atoms. The van der Waals surface area contributed by atoms with Gasteiger partial charge in [-0.25, -0.2) is 0 Å². The molecule has 0 N–H and O–H groups in total. The molecular weight excluding hydrogens is 288 g/mol. The maximum atomic E-state index is 11.2. The molecule has 1 unspecified atom stereocenters. The summed E-state index contributed by atoms with van der Waals surface area (Å²) >= 11 is 6.04. The third-order valence-corrected chi connectivity index (χ3v) is 3.68. The first-order valence-electron chi connectivity index (χ1n) is 6.82. The van der Waals surface area contributed by atoms with Gasteiger partial charge in [0, 0.05) is 16.5 Å². The molecule has 1 aliphatic rings. The SMILES string of the molecule is CC1COc2ccc(-c3cc(Cl)ccc3C=O)cc2OC1. The maximum Gasteiger partial charge on any atom is 0.161 e. The van der Waals surface area contributed by atoms with E-state index in [1.807, 2.05) is 18.2 Å². The quantitative estimate of drug-likeness (QED) is 0.779. The van der Waals surface area contributed by atoms with Gasteiger partial charge in [0.25, 0.3) is 0 Å². The highest BCUT2D eigenvalue weighted by Gasteiger charge is 2.16. The average molecular weight is 303 g/mol. The predicted octanol–water partition coefficient (Wildman–Crippen LogP) is 4.23. The van der Waals surface area contributed by atoms with Crippen LogP contribution in [0.4, 0.5) is 0 Å². The van der Waals surface area contributed by atoms with Gasteiger partial charge >= 0.3 is 0 Å². The van der Waals surface area contributed by atoms with Crippen LogP contribution in [0, 0.1) is 5.92 Å². The van der Waals surface area contributed by atoms with Crippen molar-refractivity contribution in [3.05, 3.63) is 47.0 Å². The lowest BCUT2D eigenvalue weighted by Gasteiger charge is -2.11. The van der Waals surface area contributed by atoms with Crippen LogP contribution in [0.1, 0.15) is 17.3 Å². The van der Waals surface area contributed by atoms with Crippen molar-refractivity contribution < 1.29 is 14.3 Å². The molecule has 1 heterocycles. The molecule has 108 valence electrons. The van der Waals surface area contributed by atoms with Crippen LogP contribution in [0.15, 0.2) is 36.4 Å². The first-order valence-corrected chi connectivity index (χ1v) is 7.20. The van der Waals surface area contributed by atoms with E-state index in [1.54, 1.807) is 18.2 Å². The minimum Gasteiger partial charge on any atom is -0.489 e. The first kappa shape index (κ1) is 14.0. The maximum absolute atomic E-state index is 11.2.